The maximum absolute atomic E-state index is 11.9. The number of primary sulfonamides is 1. The monoisotopic (exact) mass is 419 g/mol. The number of carbonyl (C=O) groups excluding carboxylic acids is 1. The van der Waals surface area contributed by atoms with Crippen LogP contribution in [0.25, 0.3) is 0 Å². The number of benzene rings is 1. The van der Waals surface area contributed by atoms with Crippen LogP contribution < -0.4 is 21.1 Å². The summed E-state index contributed by atoms with van der Waals surface area (Å²) in [7, 11) is -4.03. The lowest BCUT2D eigenvalue weighted by atomic mass is 10.1. The third kappa shape index (κ3) is 7.13. The molecule has 1 heterocycles. The van der Waals surface area contributed by atoms with Gasteiger partial charge in [0.05, 0.1) is 9.82 Å². The summed E-state index contributed by atoms with van der Waals surface area (Å²) in [6.45, 7) is 2.35. The number of nitrogens with zero attached hydrogens (tertiary/aromatic N) is 1. The van der Waals surface area contributed by atoms with Gasteiger partial charge in [-0.2, -0.15) is 0 Å². The van der Waals surface area contributed by atoms with E-state index in [1.54, 1.807) is 0 Å². The fourth-order valence-electron chi connectivity index (χ4n) is 2.43. The Bertz CT molecular complexity index is 828. The third-order valence-electron chi connectivity index (χ3n) is 3.83. The van der Waals surface area contributed by atoms with Gasteiger partial charge in [0.25, 0.3) is 5.69 Å². The summed E-state index contributed by atoms with van der Waals surface area (Å²) in [4.78, 5) is 21.9. The van der Waals surface area contributed by atoms with Crippen molar-refractivity contribution >= 4 is 39.7 Å². The molecular weight excluding hydrogens is 398 g/mol. The number of halogens is 1. The largest absolute Gasteiger partial charge is 0.379 e. The molecule has 10 nitrogen and oxygen atoms in total. The molecule has 0 aliphatic carbocycles. The molecule has 0 bridgehead atoms. The number of nitro benzene ring substituents is 1. The molecule has 0 saturated carbocycles. The van der Waals surface area contributed by atoms with E-state index in [9.17, 15) is 23.3 Å². The summed E-state index contributed by atoms with van der Waals surface area (Å²) in [5.74, 6) is -0.180. The van der Waals surface area contributed by atoms with E-state index in [0.717, 1.165) is 25.6 Å². The van der Waals surface area contributed by atoms with Gasteiger partial charge in [-0.15, -0.1) is 12.4 Å². The lowest BCUT2D eigenvalue weighted by Gasteiger charge is -2.14. The molecule has 12 heteroatoms. The molecule has 1 amide bonds. The van der Waals surface area contributed by atoms with Crippen LogP contribution in [0.3, 0.4) is 0 Å². The van der Waals surface area contributed by atoms with Crippen molar-refractivity contribution in [3.05, 3.63) is 40.0 Å². The number of rotatable bonds is 8. The Labute approximate surface area is 163 Å². The first-order valence-electron chi connectivity index (χ1n) is 7.98. The van der Waals surface area contributed by atoms with Crippen LogP contribution in [0.2, 0.25) is 0 Å². The number of amides is 1. The second-order valence-electron chi connectivity index (χ2n) is 5.75. The van der Waals surface area contributed by atoms with E-state index in [2.05, 4.69) is 16.0 Å². The van der Waals surface area contributed by atoms with Gasteiger partial charge in [-0.05, 0) is 25.1 Å². The quantitative estimate of drug-likeness (QED) is 0.271. The van der Waals surface area contributed by atoms with E-state index in [1.807, 2.05) is 6.08 Å². The lowest BCUT2D eigenvalue weighted by molar-refractivity contribution is -0.384. The smallest absolute Gasteiger partial charge is 0.293 e. The highest BCUT2D eigenvalue weighted by Gasteiger charge is 2.19. The Morgan fingerprint density at radius 3 is 2.70 bits per heavy atom. The predicted octanol–water partition coefficient (Wildman–Crippen LogP) is 0.502. The van der Waals surface area contributed by atoms with Crippen molar-refractivity contribution in [1.82, 2.24) is 10.6 Å². The minimum atomic E-state index is -4.03. The van der Waals surface area contributed by atoms with Gasteiger partial charge < -0.3 is 16.0 Å². The normalized spacial score (nSPS) is 13.9. The lowest BCUT2D eigenvalue weighted by Crippen LogP contribution is -2.30. The molecule has 0 aromatic heterocycles. The molecule has 1 aliphatic rings. The Kier molecular flexibility index (Phi) is 8.63. The van der Waals surface area contributed by atoms with Crippen LogP contribution in [0.15, 0.2) is 34.7 Å². The minimum absolute atomic E-state index is 0. The molecule has 0 atom stereocenters. The third-order valence-corrected chi connectivity index (χ3v) is 4.74. The predicted molar refractivity (Wildman–Crippen MR) is 103 cm³/mol. The molecule has 5 N–H and O–H groups in total. The molecule has 0 radical (unpaired) electrons. The number of hydrogen-bond acceptors (Lipinski definition) is 7. The van der Waals surface area contributed by atoms with Gasteiger partial charge in [-0.1, -0.05) is 11.6 Å². The molecule has 0 saturated heterocycles. The van der Waals surface area contributed by atoms with E-state index in [0.29, 0.717) is 6.54 Å². The number of sulfonamides is 1. The summed E-state index contributed by atoms with van der Waals surface area (Å²) < 4.78 is 22.6. The topological polar surface area (TPSA) is 156 Å². The molecular formula is C15H22ClN5O5S. The van der Waals surface area contributed by atoms with E-state index in [-0.39, 0.29) is 41.9 Å². The highest BCUT2D eigenvalue weighted by molar-refractivity contribution is 7.89. The summed E-state index contributed by atoms with van der Waals surface area (Å²) >= 11 is 0. The van der Waals surface area contributed by atoms with Crippen molar-refractivity contribution in [3.63, 3.8) is 0 Å². The molecule has 1 aliphatic heterocycles. The highest BCUT2D eigenvalue weighted by atomic mass is 35.5. The van der Waals surface area contributed by atoms with Crippen molar-refractivity contribution in [2.45, 2.75) is 17.7 Å². The van der Waals surface area contributed by atoms with Gasteiger partial charge >= 0.3 is 0 Å². The van der Waals surface area contributed by atoms with Crippen LogP contribution in [-0.4, -0.2) is 45.4 Å². The average Bonchev–Trinajstić information content (AvgIpc) is 2.60. The maximum atomic E-state index is 11.9. The van der Waals surface area contributed by atoms with Crippen LogP contribution in [0, 0.1) is 10.1 Å². The second kappa shape index (κ2) is 10.2. The fraction of sp³-hybridized carbons (Fsp3) is 0.400. The zero-order chi connectivity index (χ0) is 19.2. The number of carbonyl (C=O) groups is 1. The number of nitrogens with one attached hydrogen (secondary N) is 3. The first-order valence-corrected chi connectivity index (χ1v) is 9.52. The Balaban J connectivity index is 0.00000364. The van der Waals surface area contributed by atoms with Gasteiger partial charge in [-0.3, -0.25) is 14.9 Å². The molecule has 27 heavy (non-hydrogen) atoms. The molecule has 150 valence electrons. The van der Waals surface area contributed by atoms with Gasteiger partial charge in [0.2, 0.25) is 15.9 Å². The first-order chi connectivity index (χ1) is 12.3. The Morgan fingerprint density at radius 2 is 2.11 bits per heavy atom. The number of anilines is 1. The van der Waals surface area contributed by atoms with E-state index in [4.69, 9.17) is 5.14 Å². The fourth-order valence-corrected chi connectivity index (χ4v) is 2.96. The first kappa shape index (κ1) is 22.8. The van der Waals surface area contributed by atoms with Crippen molar-refractivity contribution in [2.75, 3.05) is 31.5 Å². The van der Waals surface area contributed by atoms with Crippen LogP contribution in [0.4, 0.5) is 11.4 Å². The van der Waals surface area contributed by atoms with Crippen molar-refractivity contribution in [3.8, 4) is 0 Å². The molecule has 0 unspecified atom stereocenters. The summed E-state index contributed by atoms with van der Waals surface area (Å²) in [5, 5.41) is 24.9. The molecule has 0 spiro atoms. The number of nitrogens with two attached hydrogens (primary N) is 1. The number of hydrogen-bond donors (Lipinski definition) is 4. The maximum Gasteiger partial charge on any atom is 0.293 e. The molecule has 1 aromatic carbocycles. The van der Waals surface area contributed by atoms with Crippen LogP contribution >= 0.6 is 12.4 Å². The Hall–Kier alpha value is -2.21. The molecule has 0 fully saturated rings. The van der Waals surface area contributed by atoms with Gasteiger partial charge in [0.15, 0.2) is 0 Å². The summed E-state index contributed by atoms with van der Waals surface area (Å²) in [6, 6.07) is 3.32. The van der Waals surface area contributed by atoms with Gasteiger partial charge in [-0.25, -0.2) is 13.6 Å². The molecule has 2 rings (SSSR count). The number of nitro groups is 1. The van der Waals surface area contributed by atoms with E-state index in [1.165, 1.54) is 17.7 Å². The zero-order valence-corrected chi connectivity index (χ0v) is 16.1. The average molecular weight is 420 g/mol. The SMILES string of the molecule is Cl.NS(=O)(=O)c1ccc(NCCC(=O)NCC2=CCNCC2)c([N+](=O)[O-])c1. The zero-order valence-electron chi connectivity index (χ0n) is 14.4. The summed E-state index contributed by atoms with van der Waals surface area (Å²) in [5.41, 5.74) is 0.868. The molecule has 1 aromatic rings. The van der Waals surface area contributed by atoms with Gasteiger partial charge in [0, 0.05) is 32.1 Å². The standard InChI is InChI=1S/C15H21N5O5S.ClH/c16-26(24,25)12-1-2-13(14(9-12)20(22)23)18-8-5-15(21)19-10-11-3-6-17-7-4-11;/h1-3,9,17-18H,4-8,10H2,(H,19,21)(H2,16,24,25);1H. The van der Waals surface area contributed by atoms with Crippen molar-refractivity contribution in [2.24, 2.45) is 5.14 Å². The van der Waals surface area contributed by atoms with Crippen molar-refractivity contribution in [1.29, 1.82) is 0 Å². The van der Waals surface area contributed by atoms with E-state index >= 15 is 0 Å². The van der Waals surface area contributed by atoms with Gasteiger partial charge in [0.1, 0.15) is 5.69 Å². The highest BCUT2D eigenvalue weighted by Crippen LogP contribution is 2.27. The van der Waals surface area contributed by atoms with E-state index < -0.39 is 20.6 Å². The van der Waals surface area contributed by atoms with Crippen molar-refractivity contribution < 1.29 is 18.1 Å². The van der Waals surface area contributed by atoms with Crippen LogP contribution in [0.5, 0.6) is 0 Å². The van der Waals surface area contributed by atoms with Crippen LogP contribution in [0.1, 0.15) is 12.8 Å². The second-order valence-corrected chi connectivity index (χ2v) is 7.31. The van der Waals surface area contributed by atoms with Crippen LogP contribution in [-0.2, 0) is 14.8 Å². The summed E-state index contributed by atoms with van der Waals surface area (Å²) in [6.07, 6.45) is 3.05. The Morgan fingerprint density at radius 1 is 1.37 bits per heavy atom. The minimum Gasteiger partial charge on any atom is -0.379 e.